The molecule has 4 nitrogen and oxygen atoms in total. The molecule has 0 radical (unpaired) electrons. The molecule has 0 aliphatic carbocycles. The summed E-state index contributed by atoms with van der Waals surface area (Å²) >= 11 is 0. The van der Waals surface area contributed by atoms with E-state index >= 15 is 0 Å². The molecule has 4 heteroatoms. The summed E-state index contributed by atoms with van der Waals surface area (Å²) in [5.74, 6) is -0.506. The third kappa shape index (κ3) is 2.90. The van der Waals surface area contributed by atoms with E-state index in [9.17, 15) is 9.59 Å². The Labute approximate surface area is 119 Å². The fourth-order valence-electron chi connectivity index (χ4n) is 3.29. The van der Waals surface area contributed by atoms with Crippen LogP contribution in [0.3, 0.4) is 0 Å². The number of ketones is 1. The molecule has 1 N–H and O–H groups in total. The highest BCUT2D eigenvalue weighted by molar-refractivity contribution is 6.00. The Kier molecular flexibility index (Phi) is 4.55. The molecule has 1 aromatic rings. The normalized spacial score (nSPS) is 26.6. The molecule has 3 atom stereocenters. The molecule has 0 aromatic heterocycles. The highest BCUT2D eigenvalue weighted by Gasteiger charge is 2.42. The molecule has 20 heavy (non-hydrogen) atoms. The number of Topliss-reactive ketones (excluding diaryl/α,β-unsaturated/α-hetero) is 1. The number of benzene rings is 1. The second-order valence-electron chi connectivity index (χ2n) is 5.47. The lowest BCUT2D eigenvalue weighted by molar-refractivity contribution is -0.138. The largest absolute Gasteiger partial charge is 0.481 e. The summed E-state index contributed by atoms with van der Waals surface area (Å²) in [6.07, 6.45) is 0.875. The summed E-state index contributed by atoms with van der Waals surface area (Å²) in [5.41, 5.74) is 0.707. The summed E-state index contributed by atoms with van der Waals surface area (Å²) in [4.78, 5) is 25.7. The van der Waals surface area contributed by atoms with Crippen molar-refractivity contribution in [2.45, 2.75) is 38.8 Å². The van der Waals surface area contributed by atoms with Crippen LogP contribution in [-0.4, -0.2) is 40.4 Å². The van der Waals surface area contributed by atoms with Crippen molar-refractivity contribution in [3.63, 3.8) is 0 Å². The number of hydrogen-bond acceptors (Lipinski definition) is 3. The lowest BCUT2D eigenvalue weighted by Gasteiger charge is -2.28. The van der Waals surface area contributed by atoms with Gasteiger partial charge < -0.3 is 5.11 Å². The molecule has 1 aliphatic heterocycles. The monoisotopic (exact) mass is 275 g/mol. The van der Waals surface area contributed by atoms with E-state index < -0.39 is 5.97 Å². The minimum Gasteiger partial charge on any atom is -0.481 e. The van der Waals surface area contributed by atoms with Gasteiger partial charge in [0.2, 0.25) is 0 Å². The first kappa shape index (κ1) is 14.7. The summed E-state index contributed by atoms with van der Waals surface area (Å²) in [6, 6.07) is 9.02. The predicted octanol–water partition coefficient (Wildman–Crippen LogP) is 2.44. The molecule has 0 amide bonds. The Bertz CT molecular complexity index is 486. The van der Waals surface area contributed by atoms with Gasteiger partial charge in [-0.3, -0.25) is 14.5 Å². The van der Waals surface area contributed by atoms with Crippen molar-refractivity contribution in [3.8, 4) is 0 Å². The molecular weight excluding hydrogens is 254 g/mol. The van der Waals surface area contributed by atoms with Crippen LogP contribution in [0, 0.1) is 5.92 Å². The topological polar surface area (TPSA) is 57.6 Å². The zero-order valence-electron chi connectivity index (χ0n) is 12.0. The van der Waals surface area contributed by atoms with E-state index in [1.807, 2.05) is 49.1 Å². The van der Waals surface area contributed by atoms with Crippen LogP contribution in [0.25, 0.3) is 0 Å². The Morgan fingerprint density at radius 1 is 1.30 bits per heavy atom. The Morgan fingerprint density at radius 3 is 2.50 bits per heavy atom. The number of likely N-dealkylation sites (N-methyl/N-ethyl adjacent to an activating group) is 1. The van der Waals surface area contributed by atoms with Gasteiger partial charge in [-0.1, -0.05) is 44.2 Å². The molecule has 1 aliphatic rings. The van der Waals surface area contributed by atoms with Gasteiger partial charge in [-0.25, -0.2) is 0 Å². The van der Waals surface area contributed by atoms with Gasteiger partial charge in [0.25, 0.3) is 0 Å². The van der Waals surface area contributed by atoms with E-state index in [1.54, 1.807) is 0 Å². The Hall–Kier alpha value is -1.68. The number of nitrogens with zero attached hydrogens (tertiary/aromatic N) is 1. The summed E-state index contributed by atoms with van der Waals surface area (Å²) < 4.78 is 0. The van der Waals surface area contributed by atoms with Crippen molar-refractivity contribution in [3.05, 3.63) is 35.9 Å². The van der Waals surface area contributed by atoms with Crippen molar-refractivity contribution in [1.82, 2.24) is 4.90 Å². The van der Waals surface area contributed by atoms with Crippen molar-refractivity contribution in [1.29, 1.82) is 0 Å². The van der Waals surface area contributed by atoms with Crippen molar-refractivity contribution in [2.75, 3.05) is 6.54 Å². The van der Waals surface area contributed by atoms with Crippen LogP contribution >= 0.6 is 0 Å². The van der Waals surface area contributed by atoms with Crippen LogP contribution in [0.15, 0.2) is 30.3 Å². The maximum absolute atomic E-state index is 12.7. The van der Waals surface area contributed by atoms with E-state index in [0.29, 0.717) is 12.1 Å². The summed E-state index contributed by atoms with van der Waals surface area (Å²) in [7, 11) is 0. The van der Waals surface area contributed by atoms with Gasteiger partial charge in [-0.2, -0.15) is 0 Å². The van der Waals surface area contributed by atoms with Gasteiger partial charge in [0.1, 0.15) is 0 Å². The summed E-state index contributed by atoms with van der Waals surface area (Å²) in [6.45, 7) is 4.72. The third-order valence-corrected chi connectivity index (χ3v) is 4.11. The number of rotatable bonds is 5. The predicted molar refractivity (Wildman–Crippen MR) is 76.8 cm³/mol. The molecule has 2 rings (SSSR count). The van der Waals surface area contributed by atoms with Crippen molar-refractivity contribution in [2.24, 2.45) is 5.92 Å². The highest BCUT2D eigenvalue weighted by atomic mass is 16.4. The number of carbonyl (C=O) groups excluding carboxylic acids is 1. The van der Waals surface area contributed by atoms with Crippen LogP contribution in [0.5, 0.6) is 0 Å². The second-order valence-corrected chi connectivity index (χ2v) is 5.47. The van der Waals surface area contributed by atoms with Crippen molar-refractivity contribution >= 4 is 11.8 Å². The SMILES string of the molecule is CCN1C(CC(=O)O)CC(C)C1C(=O)c1ccccc1. The molecule has 0 saturated carbocycles. The lowest BCUT2D eigenvalue weighted by atomic mass is 9.94. The van der Waals surface area contributed by atoms with E-state index in [4.69, 9.17) is 5.11 Å². The molecule has 1 saturated heterocycles. The highest BCUT2D eigenvalue weighted by Crippen LogP contribution is 2.33. The van der Waals surface area contributed by atoms with Gasteiger partial charge in [0, 0.05) is 11.6 Å². The van der Waals surface area contributed by atoms with Crippen LogP contribution in [0.1, 0.15) is 37.0 Å². The van der Waals surface area contributed by atoms with Crippen molar-refractivity contribution < 1.29 is 14.7 Å². The zero-order valence-corrected chi connectivity index (χ0v) is 12.0. The molecule has 1 fully saturated rings. The van der Waals surface area contributed by atoms with Gasteiger partial charge in [0.15, 0.2) is 5.78 Å². The first-order valence-corrected chi connectivity index (χ1v) is 7.11. The van der Waals surface area contributed by atoms with E-state index in [2.05, 4.69) is 0 Å². The van der Waals surface area contributed by atoms with Crippen LogP contribution in [0.4, 0.5) is 0 Å². The third-order valence-electron chi connectivity index (χ3n) is 4.11. The maximum atomic E-state index is 12.7. The van der Waals surface area contributed by atoms with Crippen LogP contribution in [0.2, 0.25) is 0 Å². The molecule has 3 unspecified atom stereocenters. The molecule has 1 heterocycles. The molecule has 108 valence electrons. The van der Waals surface area contributed by atoms with Gasteiger partial charge in [0.05, 0.1) is 12.5 Å². The van der Waals surface area contributed by atoms with Gasteiger partial charge >= 0.3 is 5.97 Å². The van der Waals surface area contributed by atoms with E-state index in [0.717, 1.165) is 6.42 Å². The van der Waals surface area contributed by atoms with Crippen LogP contribution < -0.4 is 0 Å². The number of carboxylic acid groups (broad SMARTS) is 1. The number of likely N-dealkylation sites (tertiary alicyclic amines) is 1. The standard InChI is InChI=1S/C16H21NO3/c1-3-17-13(10-14(18)19)9-11(2)15(17)16(20)12-7-5-4-6-8-12/h4-8,11,13,15H,3,9-10H2,1-2H3,(H,18,19). The number of hydrogen-bond donors (Lipinski definition) is 1. The minimum absolute atomic E-state index is 0.0369. The van der Waals surface area contributed by atoms with Gasteiger partial charge in [-0.05, 0) is 18.9 Å². The fourth-order valence-corrected chi connectivity index (χ4v) is 3.29. The van der Waals surface area contributed by atoms with E-state index in [1.165, 1.54) is 0 Å². The molecule has 0 bridgehead atoms. The first-order valence-electron chi connectivity index (χ1n) is 7.11. The maximum Gasteiger partial charge on any atom is 0.304 e. The lowest BCUT2D eigenvalue weighted by Crippen LogP contribution is -2.43. The number of carboxylic acids is 1. The first-order chi connectivity index (χ1) is 9.54. The number of aliphatic carboxylic acids is 1. The zero-order chi connectivity index (χ0) is 14.7. The minimum atomic E-state index is -0.798. The molecule has 1 aromatic carbocycles. The quantitative estimate of drug-likeness (QED) is 0.839. The molecular formula is C16H21NO3. The smallest absolute Gasteiger partial charge is 0.304 e. The van der Waals surface area contributed by atoms with Gasteiger partial charge in [-0.15, -0.1) is 0 Å². The number of carbonyl (C=O) groups is 2. The average molecular weight is 275 g/mol. The summed E-state index contributed by atoms with van der Waals surface area (Å²) in [5, 5.41) is 9.00. The Balaban J connectivity index is 2.21. The Morgan fingerprint density at radius 2 is 1.95 bits per heavy atom. The van der Waals surface area contributed by atoms with E-state index in [-0.39, 0.29) is 30.2 Å². The second kappa shape index (κ2) is 6.18. The fraction of sp³-hybridized carbons (Fsp3) is 0.500. The average Bonchev–Trinajstić information content (AvgIpc) is 2.73. The molecule has 0 spiro atoms. The van der Waals surface area contributed by atoms with Crippen LogP contribution in [-0.2, 0) is 4.79 Å².